The predicted octanol–water partition coefficient (Wildman–Crippen LogP) is 3.30. The lowest BCUT2D eigenvalue weighted by Gasteiger charge is -2.28. The van der Waals surface area contributed by atoms with Crippen molar-refractivity contribution < 1.29 is 9.59 Å². The molecule has 1 heterocycles. The van der Waals surface area contributed by atoms with Crippen molar-refractivity contribution in [1.29, 1.82) is 0 Å². The predicted molar refractivity (Wildman–Crippen MR) is 104 cm³/mol. The number of fused-ring (bicyclic) bond motifs is 3. The van der Waals surface area contributed by atoms with Crippen molar-refractivity contribution in [3.05, 3.63) is 46.5 Å². The summed E-state index contributed by atoms with van der Waals surface area (Å²) in [4.78, 5) is 26.8. The summed E-state index contributed by atoms with van der Waals surface area (Å²) in [6.45, 7) is 4.17. The van der Waals surface area contributed by atoms with Crippen LogP contribution in [0, 0.1) is 0 Å². The van der Waals surface area contributed by atoms with Gasteiger partial charge in [0.15, 0.2) is 0 Å². The molecule has 3 rings (SSSR count). The molecule has 2 aromatic carbocycles. The Morgan fingerprint density at radius 2 is 1.77 bits per heavy atom. The molecular formula is C20H24ClN3O2. The van der Waals surface area contributed by atoms with Gasteiger partial charge in [0, 0.05) is 30.0 Å². The number of halogens is 1. The molecule has 1 aliphatic heterocycles. The van der Waals surface area contributed by atoms with E-state index in [1.54, 1.807) is 6.07 Å². The third kappa shape index (κ3) is 3.90. The van der Waals surface area contributed by atoms with Crippen molar-refractivity contribution in [2.75, 3.05) is 19.6 Å². The van der Waals surface area contributed by atoms with Gasteiger partial charge in [-0.25, -0.2) is 0 Å². The first-order chi connectivity index (χ1) is 12.6. The van der Waals surface area contributed by atoms with Gasteiger partial charge in [0.2, 0.25) is 5.91 Å². The number of amides is 2. The normalized spacial score (nSPS) is 14.2. The molecule has 5 nitrogen and oxygen atoms in total. The van der Waals surface area contributed by atoms with Crippen molar-refractivity contribution >= 4 is 34.2 Å². The van der Waals surface area contributed by atoms with Gasteiger partial charge in [-0.3, -0.25) is 25.3 Å². The summed E-state index contributed by atoms with van der Waals surface area (Å²) in [5.74, 6) is -0.379. The van der Waals surface area contributed by atoms with Crippen molar-refractivity contribution in [1.82, 2.24) is 15.8 Å². The van der Waals surface area contributed by atoms with Crippen LogP contribution in [0.4, 0.5) is 0 Å². The number of carbonyl (C=O) groups is 2. The number of nitrogens with one attached hydrogen (secondary N) is 2. The summed E-state index contributed by atoms with van der Waals surface area (Å²) < 4.78 is 0. The molecule has 6 heteroatoms. The maximum absolute atomic E-state index is 13.0. The second kappa shape index (κ2) is 8.62. The minimum absolute atomic E-state index is 0.159. The van der Waals surface area contributed by atoms with E-state index in [0.29, 0.717) is 30.1 Å². The van der Waals surface area contributed by atoms with E-state index in [1.807, 2.05) is 24.3 Å². The second-order valence-electron chi connectivity index (χ2n) is 6.53. The number of rotatable bonds is 8. The first kappa shape index (κ1) is 18.8. The number of unbranched alkanes of at least 4 members (excludes halogenated alkanes) is 1. The van der Waals surface area contributed by atoms with Crippen LogP contribution in [0.25, 0.3) is 10.8 Å². The molecule has 2 N–H and O–H groups in total. The van der Waals surface area contributed by atoms with E-state index in [0.717, 1.165) is 35.7 Å². The van der Waals surface area contributed by atoms with E-state index in [2.05, 4.69) is 17.8 Å². The molecule has 2 aromatic rings. The zero-order valence-electron chi connectivity index (χ0n) is 15.0. The molecule has 0 saturated carbocycles. The minimum atomic E-state index is -0.219. The molecule has 0 aliphatic carbocycles. The minimum Gasteiger partial charge on any atom is -0.278 e. The number of benzene rings is 2. The fourth-order valence-electron chi connectivity index (χ4n) is 3.28. The molecule has 0 spiro atoms. The van der Waals surface area contributed by atoms with Gasteiger partial charge in [-0.05, 0) is 29.9 Å². The molecule has 0 bridgehead atoms. The Labute approximate surface area is 158 Å². The van der Waals surface area contributed by atoms with Crippen LogP contribution in [0.3, 0.4) is 0 Å². The highest BCUT2D eigenvalue weighted by Crippen LogP contribution is 2.33. The van der Waals surface area contributed by atoms with Gasteiger partial charge in [0.25, 0.3) is 5.91 Å². The Hall–Kier alpha value is -1.95. The van der Waals surface area contributed by atoms with Crippen molar-refractivity contribution in [2.45, 2.75) is 32.6 Å². The maximum atomic E-state index is 13.0. The van der Waals surface area contributed by atoms with Crippen LogP contribution < -0.4 is 10.9 Å². The first-order valence-corrected chi connectivity index (χ1v) is 9.51. The topological polar surface area (TPSA) is 61.4 Å². The van der Waals surface area contributed by atoms with E-state index in [4.69, 9.17) is 11.6 Å². The number of hydrogen-bond acceptors (Lipinski definition) is 4. The van der Waals surface area contributed by atoms with Crippen molar-refractivity contribution in [2.24, 2.45) is 0 Å². The van der Waals surface area contributed by atoms with Crippen LogP contribution in [0.5, 0.6) is 0 Å². The Balaban J connectivity index is 1.71. The summed E-state index contributed by atoms with van der Waals surface area (Å²) in [5.41, 5.74) is 7.60. The Kier molecular flexibility index (Phi) is 6.25. The molecule has 138 valence electrons. The Bertz CT molecular complexity index is 822. The van der Waals surface area contributed by atoms with Crippen LogP contribution in [-0.4, -0.2) is 36.3 Å². The average molecular weight is 374 g/mol. The number of nitrogens with zero attached hydrogens (tertiary/aromatic N) is 1. The second-order valence-corrected chi connectivity index (χ2v) is 6.93. The standard InChI is InChI=1S/C20H24ClN3O2/c1-2-3-9-22-23-10-6-11-24-18(25)13-14-12-17(21)15-7-4-5-8-16(15)19(14)20(24)26/h4-5,7-8,12,22-23H,2-3,6,9-11,13H2,1H3. The fraction of sp³-hybridized carbons (Fsp3) is 0.400. The van der Waals surface area contributed by atoms with E-state index in [1.165, 1.54) is 4.90 Å². The van der Waals surface area contributed by atoms with Gasteiger partial charge in [-0.15, -0.1) is 0 Å². The number of carbonyl (C=O) groups excluding carboxylic acids is 2. The lowest BCUT2D eigenvalue weighted by molar-refractivity contribution is -0.128. The molecule has 0 unspecified atom stereocenters. The lowest BCUT2D eigenvalue weighted by atomic mass is 9.92. The number of hydrogen-bond donors (Lipinski definition) is 2. The molecule has 0 fully saturated rings. The fourth-order valence-corrected chi connectivity index (χ4v) is 3.57. The van der Waals surface area contributed by atoms with E-state index in [-0.39, 0.29) is 18.2 Å². The van der Waals surface area contributed by atoms with E-state index in [9.17, 15) is 9.59 Å². The van der Waals surface area contributed by atoms with Crippen LogP contribution in [0.15, 0.2) is 30.3 Å². The zero-order valence-corrected chi connectivity index (χ0v) is 15.7. The van der Waals surface area contributed by atoms with Gasteiger partial charge < -0.3 is 0 Å². The summed E-state index contributed by atoms with van der Waals surface area (Å²) in [6.07, 6.45) is 3.18. The highest BCUT2D eigenvalue weighted by molar-refractivity contribution is 6.36. The molecule has 1 aliphatic rings. The Morgan fingerprint density at radius 3 is 2.50 bits per heavy atom. The number of hydrazine groups is 1. The van der Waals surface area contributed by atoms with Crippen LogP contribution in [-0.2, 0) is 11.2 Å². The van der Waals surface area contributed by atoms with Gasteiger partial charge in [-0.1, -0.05) is 49.2 Å². The van der Waals surface area contributed by atoms with E-state index >= 15 is 0 Å². The summed E-state index contributed by atoms with van der Waals surface area (Å²) in [6, 6.07) is 9.33. The quantitative estimate of drug-likeness (QED) is 0.423. The van der Waals surface area contributed by atoms with Crippen LogP contribution in [0.2, 0.25) is 5.02 Å². The monoisotopic (exact) mass is 373 g/mol. The molecule has 26 heavy (non-hydrogen) atoms. The SMILES string of the molecule is CCCCNNCCCN1C(=O)Cc2cc(Cl)c3ccccc3c2C1=O. The smallest absolute Gasteiger partial charge is 0.261 e. The average Bonchev–Trinajstić information content (AvgIpc) is 2.63. The highest BCUT2D eigenvalue weighted by atomic mass is 35.5. The molecule has 0 atom stereocenters. The third-order valence-corrected chi connectivity index (χ3v) is 4.95. The lowest BCUT2D eigenvalue weighted by Crippen LogP contribution is -2.44. The zero-order chi connectivity index (χ0) is 18.5. The van der Waals surface area contributed by atoms with Gasteiger partial charge in [-0.2, -0.15) is 0 Å². The first-order valence-electron chi connectivity index (χ1n) is 9.14. The maximum Gasteiger partial charge on any atom is 0.261 e. The van der Waals surface area contributed by atoms with Crippen molar-refractivity contribution in [3.63, 3.8) is 0 Å². The van der Waals surface area contributed by atoms with E-state index < -0.39 is 0 Å². The third-order valence-electron chi connectivity index (χ3n) is 4.64. The molecule has 0 saturated heterocycles. The highest BCUT2D eigenvalue weighted by Gasteiger charge is 2.32. The molecule has 0 aromatic heterocycles. The van der Waals surface area contributed by atoms with Crippen LogP contribution in [0.1, 0.15) is 42.1 Å². The van der Waals surface area contributed by atoms with Crippen molar-refractivity contribution in [3.8, 4) is 0 Å². The number of imide groups is 1. The molecular weight excluding hydrogens is 350 g/mol. The van der Waals surface area contributed by atoms with Gasteiger partial charge >= 0.3 is 0 Å². The molecule has 0 radical (unpaired) electrons. The molecule has 2 amide bonds. The largest absolute Gasteiger partial charge is 0.278 e. The van der Waals surface area contributed by atoms with Gasteiger partial charge in [0.05, 0.1) is 12.0 Å². The summed E-state index contributed by atoms with van der Waals surface area (Å²) in [7, 11) is 0. The summed E-state index contributed by atoms with van der Waals surface area (Å²) in [5, 5.41) is 2.24. The van der Waals surface area contributed by atoms with Gasteiger partial charge in [0.1, 0.15) is 0 Å². The Morgan fingerprint density at radius 1 is 1.08 bits per heavy atom. The summed E-state index contributed by atoms with van der Waals surface area (Å²) >= 11 is 6.33. The van der Waals surface area contributed by atoms with Crippen LogP contribution >= 0.6 is 11.6 Å².